The van der Waals surface area contributed by atoms with Crippen LogP contribution in [0.5, 0.6) is 0 Å². The van der Waals surface area contributed by atoms with Crippen molar-refractivity contribution in [3.8, 4) is 0 Å². The highest BCUT2D eigenvalue weighted by Gasteiger charge is 2.14. The van der Waals surface area contributed by atoms with Crippen LogP contribution in [0.25, 0.3) is 0 Å². The van der Waals surface area contributed by atoms with Crippen LogP contribution in [0.2, 0.25) is 0 Å². The van der Waals surface area contributed by atoms with E-state index in [4.69, 9.17) is 11.1 Å². The number of hydrogen-bond acceptors (Lipinski definition) is 6. The number of anilines is 1. The first kappa shape index (κ1) is 29.5. The number of thioether (sulfide) groups is 1. The summed E-state index contributed by atoms with van der Waals surface area (Å²) in [6, 6.07) is 21.4. The Kier molecular flexibility index (Phi) is 13.0. The molecule has 0 unspecified atom stereocenters. The van der Waals surface area contributed by atoms with Gasteiger partial charge in [0.1, 0.15) is 0 Å². The molecule has 0 spiro atoms. The first-order valence-corrected chi connectivity index (χ1v) is 15.0. The van der Waals surface area contributed by atoms with Gasteiger partial charge in [-0.1, -0.05) is 60.7 Å². The van der Waals surface area contributed by atoms with Crippen LogP contribution in [-0.4, -0.2) is 60.9 Å². The number of aromatic nitrogens is 1. The van der Waals surface area contributed by atoms with Crippen molar-refractivity contribution < 1.29 is 4.79 Å². The summed E-state index contributed by atoms with van der Waals surface area (Å²) in [5.74, 6) is 1.84. The molecule has 0 atom stereocenters. The average molecular weight is 554 g/mol. The van der Waals surface area contributed by atoms with Crippen molar-refractivity contribution in [2.24, 2.45) is 5.73 Å². The first-order chi connectivity index (χ1) is 18.5. The van der Waals surface area contributed by atoms with Crippen LogP contribution in [-0.2, 0) is 5.75 Å². The van der Waals surface area contributed by atoms with Gasteiger partial charge < -0.3 is 26.6 Å². The van der Waals surface area contributed by atoms with E-state index in [0.29, 0.717) is 24.1 Å². The van der Waals surface area contributed by atoms with Crippen LogP contribution in [0.15, 0.2) is 66.0 Å². The van der Waals surface area contributed by atoms with Crippen molar-refractivity contribution in [3.63, 3.8) is 0 Å². The summed E-state index contributed by atoms with van der Waals surface area (Å²) in [5, 5.41) is 18.3. The second-order valence-electron chi connectivity index (χ2n) is 9.09. The van der Waals surface area contributed by atoms with Gasteiger partial charge in [-0.25, -0.2) is 9.78 Å². The molecular formula is C28H39N7OS2. The predicted octanol–water partition coefficient (Wildman–Crippen LogP) is 4.92. The molecule has 1 heterocycles. The van der Waals surface area contributed by atoms with E-state index in [1.165, 1.54) is 22.5 Å². The van der Waals surface area contributed by atoms with Crippen molar-refractivity contribution in [2.45, 2.75) is 30.9 Å². The molecule has 2 amide bonds. The number of benzene rings is 2. The molecule has 0 aliphatic carbocycles. The molecule has 0 saturated heterocycles. The molecular weight excluding hydrogens is 514 g/mol. The molecule has 0 fully saturated rings. The van der Waals surface area contributed by atoms with E-state index in [2.05, 4.69) is 93.5 Å². The molecule has 0 bridgehead atoms. The van der Waals surface area contributed by atoms with E-state index in [1.807, 2.05) is 5.38 Å². The van der Waals surface area contributed by atoms with Gasteiger partial charge in [0.2, 0.25) is 0 Å². The second kappa shape index (κ2) is 16.7. The van der Waals surface area contributed by atoms with Gasteiger partial charge in [0.25, 0.3) is 0 Å². The Balaban J connectivity index is 1.23. The lowest BCUT2D eigenvalue weighted by atomic mass is 9.88. The molecule has 6 N–H and O–H groups in total. The maximum absolute atomic E-state index is 12.0. The van der Waals surface area contributed by atoms with Gasteiger partial charge in [-0.15, -0.1) is 11.3 Å². The SMILES string of the molecule is CN(CCCCNC(=O)NCCSCc1csc(NC(=N)N)n1)CCC(c1ccccc1)c1ccccc1. The maximum atomic E-state index is 12.0. The fourth-order valence-corrected chi connectivity index (χ4v) is 5.66. The first-order valence-electron chi connectivity index (χ1n) is 12.9. The third kappa shape index (κ3) is 11.1. The Morgan fingerprint density at radius 1 is 1.03 bits per heavy atom. The van der Waals surface area contributed by atoms with E-state index >= 15 is 0 Å². The Morgan fingerprint density at radius 3 is 2.34 bits per heavy atom. The summed E-state index contributed by atoms with van der Waals surface area (Å²) >= 11 is 3.13. The normalized spacial score (nSPS) is 11.0. The molecule has 2 aromatic carbocycles. The molecule has 3 rings (SSSR count). The van der Waals surface area contributed by atoms with Gasteiger partial charge in [0.05, 0.1) is 5.69 Å². The molecule has 204 valence electrons. The highest BCUT2D eigenvalue weighted by molar-refractivity contribution is 7.98. The number of amides is 2. The van der Waals surface area contributed by atoms with E-state index in [0.717, 1.165) is 49.6 Å². The number of carbonyl (C=O) groups excluding carboxylic acids is 1. The molecule has 38 heavy (non-hydrogen) atoms. The Bertz CT molecular complexity index is 1060. The largest absolute Gasteiger partial charge is 0.370 e. The maximum Gasteiger partial charge on any atom is 0.314 e. The van der Waals surface area contributed by atoms with Gasteiger partial charge >= 0.3 is 6.03 Å². The van der Waals surface area contributed by atoms with E-state index in [1.54, 1.807) is 11.8 Å². The number of nitrogens with two attached hydrogens (primary N) is 1. The van der Waals surface area contributed by atoms with Crippen LogP contribution in [0.4, 0.5) is 9.93 Å². The Hall–Kier alpha value is -3.08. The monoisotopic (exact) mass is 553 g/mol. The van der Waals surface area contributed by atoms with E-state index < -0.39 is 0 Å². The van der Waals surface area contributed by atoms with Crippen LogP contribution >= 0.6 is 23.1 Å². The topological polar surface area (TPSA) is 119 Å². The van der Waals surface area contributed by atoms with Crippen LogP contribution in [0.1, 0.15) is 42.0 Å². The third-order valence-electron chi connectivity index (χ3n) is 6.03. The number of rotatable bonds is 16. The second-order valence-corrected chi connectivity index (χ2v) is 11.1. The Labute approximate surface area is 234 Å². The molecule has 0 radical (unpaired) electrons. The van der Waals surface area contributed by atoms with E-state index in [9.17, 15) is 4.79 Å². The summed E-state index contributed by atoms with van der Waals surface area (Å²) in [4.78, 5) is 18.8. The molecule has 1 aromatic heterocycles. The highest BCUT2D eigenvalue weighted by atomic mass is 32.2. The zero-order chi connectivity index (χ0) is 27.0. The quantitative estimate of drug-likeness (QED) is 0.0977. The lowest BCUT2D eigenvalue weighted by Crippen LogP contribution is -2.37. The van der Waals surface area contributed by atoms with Gasteiger partial charge in [0.15, 0.2) is 11.1 Å². The number of urea groups is 1. The zero-order valence-electron chi connectivity index (χ0n) is 22.0. The van der Waals surface area contributed by atoms with Gasteiger partial charge in [-0.05, 0) is 50.5 Å². The minimum atomic E-state index is -0.117. The van der Waals surface area contributed by atoms with Crippen LogP contribution < -0.4 is 21.7 Å². The summed E-state index contributed by atoms with van der Waals surface area (Å²) in [7, 11) is 2.18. The summed E-state index contributed by atoms with van der Waals surface area (Å²) in [5.41, 5.74) is 8.97. The van der Waals surface area contributed by atoms with Crippen molar-refractivity contribution in [1.82, 2.24) is 20.5 Å². The predicted molar refractivity (Wildman–Crippen MR) is 161 cm³/mol. The standard InChI is InChI=1S/C28H39N7OS2/c1-35(18-14-25(22-10-4-2-5-11-22)23-12-6-3-7-13-23)17-9-8-15-31-27(36)32-16-19-37-20-24-21-38-28(33-24)34-26(29)30/h2-7,10-13,21,25H,8-9,14-20H2,1H3,(H2,31,32,36)(H4,29,30,33,34). The number of thiazole rings is 1. The molecule has 8 nitrogen and oxygen atoms in total. The van der Waals surface area contributed by atoms with Crippen molar-refractivity contribution in [2.75, 3.05) is 44.3 Å². The van der Waals surface area contributed by atoms with Crippen LogP contribution in [0, 0.1) is 5.41 Å². The molecule has 0 aliphatic rings. The van der Waals surface area contributed by atoms with Gasteiger partial charge in [-0.3, -0.25) is 5.41 Å². The van der Waals surface area contributed by atoms with Gasteiger partial charge in [0, 0.05) is 35.9 Å². The number of nitrogens with zero attached hydrogens (tertiary/aromatic N) is 2. The smallest absolute Gasteiger partial charge is 0.314 e. The fourth-order valence-electron chi connectivity index (χ4n) is 4.09. The van der Waals surface area contributed by atoms with Crippen molar-refractivity contribution in [3.05, 3.63) is 82.9 Å². The summed E-state index contributed by atoms with van der Waals surface area (Å²) in [6.45, 7) is 3.31. The van der Waals surface area contributed by atoms with E-state index in [-0.39, 0.29) is 12.0 Å². The molecule has 3 aromatic rings. The molecule has 0 saturated carbocycles. The van der Waals surface area contributed by atoms with Crippen LogP contribution in [0.3, 0.4) is 0 Å². The minimum absolute atomic E-state index is 0.114. The molecule has 0 aliphatic heterocycles. The average Bonchev–Trinajstić information content (AvgIpc) is 3.36. The summed E-state index contributed by atoms with van der Waals surface area (Å²) < 4.78 is 0. The number of guanidine groups is 1. The van der Waals surface area contributed by atoms with Crippen molar-refractivity contribution in [1.29, 1.82) is 5.41 Å². The lowest BCUT2D eigenvalue weighted by Gasteiger charge is -2.22. The number of carbonyl (C=O) groups is 1. The lowest BCUT2D eigenvalue weighted by molar-refractivity contribution is 0.241. The minimum Gasteiger partial charge on any atom is -0.370 e. The molecule has 10 heteroatoms. The van der Waals surface area contributed by atoms with Crippen molar-refractivity contribution >= 4 is 40.2 Å². The summed E-state index contributed by atoms with van der Waals surface area (Å²) in [6.07, 6.45) is 3.07. The number of nitrogens with one attached hydrogen (secondary N) is 4. The zero-order valence-corrected chi connectivity index (χ0v) is 23.6. The number of hydrogen-bond donors (Lipinski definition) is 5. The van der Waals surface area contributed by atoms with Gasteiger partial charge in [-0.2, -0.15) is 11.8 Å². The highest BCUT2D eigenvalue weighted by Crippen LogP contribution is 2.28. The Morgan fingerprint density at radius 2 is 1.68 bits per heavy atom. The number of unbranched alkanes of at least 4 members (excludes halogenated alkanes) is 1. The fraction of sp³-hybridized carbons (Fsp3) is 0.393. The third-order valence-corrected chi connectivity index (χ3v) is 7.83.